The van der Waals surface area contributed by atoms with E-state index in [1.807, 2.05) is 49.3 Å². The molecule has 8 nitrogen and oxygen atoms in total. The molecule has 0 fully saturated rings. The average molecular weight is 460 g/mol. The van der Waals surface area contributed by atoms with Crippen molar-refractivity contribution in [3.05, 3.63) is 105 Å². The van der Waals surface area contributed by atoms with Gasteiger partial charge >= 0.3 is 5.69 Å². The predicted molar refractivity (Wildman–Crippen MR) is 127 cm³/mol. The summed E-state index contributed by atoms with van der Waals surface area (Å²) in [5, 5.41) is 11.5. The first-order chi connectivity index (χ1) is 16.3. The molecule has 0 saturated heterocycles. The third-order valence-corrected chi connectivity index (χ3v) is 5.93. The minimum Gasteiger partial charge on any atom is -0.482 e. The van der Waals surface area contributed by atoms with E-state index in [1.54, 1.807) is 36.4 Å². The van der Waals surface area contributed by atoms with E-state index in [1.165, 1.54) is 11.0 Å². The fourth-order valence-electron chi connectivity index (χ4n) is 3.99. The van der Waals surface area contributed by atoms with Crippen molar-refractivity contribution in [2.75, 3.05) is 20.6 Å². The van der Waals surface area contributed by atoms with E-state index >= 15 is 0 Å². The largest absolute Gasteiger partial charge is 0.482 e. The summed E-state index contributed by atoms with van der Waals surface area (Å²) in [6.45, 7) is 0.411. The van der Waals surface area contributed by atoms with Crippen molar-refractivity contribution in [1.82, 2.24) is 9.80 Å². The van der Waals surface area contributed by atoms with Crippen LogP contribution >= 0.6 is 0 Å². The van der Waals surface area contributed by atoms with Crippen LogP contribution < -0.4 is 4.74 Å². The molecule has 3 aromatic rings. The molecule has 0 N–H and O–H groups in total. The van der Waals surface area contributed by atoms with E-state index in [-0.39, 0.29) is 42.4 Å². The summed E-state index contributed by atoms with van der Waals surface area (Å²) in [6.07, 6.45) is 0.472. The first-order valence-corrected chi connectivity index (χ1v) is 10.9. The number of nitrogens with zero attached hydrogens (tertiary/aromatic N) is 3. The molecule has 8 heteroatoms. The SMILES string of the molecule is CN(C)C(Cc1ccc([N+](=O)[O-])c(OCc2ccccc2)c1)CN1C(=O)c2ccccc2C1=O. The Morgan fingerprint density at radius 2 is 1.53 bits per heavy atom. The topological polar surface area (TPSA) is 93.0 Å². The molecule has 1 aliphatic rings. The molecule has 174 valence electrons. The Hall–Kier alpha value is -4.04. The summed E-state index contributed by atoms with van der Waals surface area (Å²) >= 11 is 0. The number of carbonyl (C=O) groups excluding carboxylic acids is 2. The van der Waals surface area contributed by atoms with Gasteiger partial charge in [0.05, 0.1) is 16.1 Å². The quantitative estimate of drug-likeness (QED) is 0.273. The van der Waals surface area contributed by atoms with Crippen molar-refractivity contribution in [3.8, 4) is 5.75 Å². The zero-order valence-electron chi connectivity index (χ0n) is 19.0. The zero-order chi connectivity index (χ0) is 24.2. The Morgan fingerprint density at radius 3 is 2.12 bits per heavy atom. The number of hydrogen-bond donors (Lipinski definition) is 0. The normalized spacial score (nSPS) is 13.8. The van der Waals surface area contributed by atoms with Crippen LogP contribution in [0.5, 0.6) is 5.75 Å². The molecule has 1 aliphatic heterocycles. The molecule has 0 saturated carbocycles. The van der Waals surface area contributed by atoms with E-state index in [0.717, 1.165) is 11.1 Å². The molecular weight excluding hydrogens is 434 g/mol. The first-order valence-electron chi connectivity index (χ1n) is 10.9. The van der Waals surface area contributed by atoms with Gasteiger partial charge in [0.15, 0.2) is 5.75 Å². The van der Waals surface area contributed by atoms with Gasteiger partial charge < -0.3 is 9.64 Å². The van der Waals surface area contributed by atoms with Crippen LogP contribution in [-0.4, -0.2) is 53.2 Å². The predicted octanol–water partition coefficient (Wildman–Crippen LogP) is 3.94. The Morgan fingerprint density at radius 1 is 0.912 bits per heavy atom. The van der Waals surface area contributed by atoms with E-state index in [2.05, 4.69) is 0 Å². The van der Waals surface area contributed by atoms with Crippen LogP contribution in [0.15, 0.2) is 72.8 Å². The molecule has 0 aliphatic carbocycles. The number of rotatable bonds is 9. The number of nitro groups is 1. The van der Waals surface area contributed by atoms with E-state index < -0.39 is 4.92 Å². The molecule has 3 aromatic carbocycles. The van der Waals surface area contributed by atoms with Gasteiger partial charge in [-0.2, -0.15) is 0 Å². The van der Waals surface area contributed by atoms with Gasteiger partial charge in [-0.3, -0.25) is 24.6 Å². The Labute approximate surface area is 197 Å². The highest BCUT2D eigenvalue weighted by atomic mass is 16.6. The van der Waals surface area contributed by atoms with Crippen LogP contribution in [0.4, 0.5) is 5.69 Å². The second kappa shape index (κ2) is 9.84. The Kier molecular flexibility index (Phi) is 6.70. The Bertz CT molecular complexity index is 1190. The van der Waals surface area contributed by atoms with Gasteiger partial charge in [-0.25, -0.2) is 0 Å². The number of nitro benzene ring substituents is 1. The van der Waals surface area contributed by atoms with Crippen LogP contribution in [0, 0.1) is 10.1 Å². The van der Waals surface area contributed by atoms with Crippen molar-refractivity contribution < 1.29 is 19.2 Å². The summed E-state index contributed by atoms with van der Waals surface area (Å²) in [4.78, 5) is 39.9. The number of likely N-dealkylation sites (N-methyl/N-ethyl adjacent to an activating group) is 1. The van der Waals surface area contributed by atoms with Crippen molar-refractivity contribution in [2.45, 2.75) is 19.1 Å². The van der Waals surface area contributed by atoms with Crippen LogP contribution in [0.2, 0.25) is 0 Å². The fourth-order valence-corrected chi connectivity index (χ4v) is 3.99. The smallest absolute Gasteiger partial charge is 0.310 e. The molecule has 4 rings (SSSR count). The number of ether oxygens (including phenoxy) is 1. The molecule has 2 amide bonds. The Balaban J connectivity index is 1.53. The number of benzene rings is 3. The summed E-state index contributed by atoms with van der Waals surface area (Å²) in [5.41, 5.74) is 2.43. The van der Waals surface area contributed by atoms with E-state index in [9.17, 15) is 19.7 Å². The molecule has 0 spiro atoms. The summed E-state index contributed by atoms with van der Waals surface area (Å²) < 4.78 is 5.80. The molecule has 1 unspecified atom stereocenters. The number of fused-ring (bicyclic) bond motifs is 1. The molecule has 0 bridgehead atoms. The second-order valence-corrected chi connectivity index (χ2v) is 8.42. The van der Waals surface area contributed by atoms with Gasteiger partial charge in [0.25, 0.3) is 11.8 Å². The molecule has 0 radical (unpaired) electrons. The van der Waals surface area contributed by atoms with E-state index in [0.29, 0.717) is 17.5 Å². The molecule has 1 atom stereocenters. The highest BCUT2D eigenvalue weighted by Gasteiger charge is 2.36. The van der Waals surface area contributed by atoms with Crippen molar-refractivity contribution in [3.63, 3.8) is 0 Å². The van der Waals surface area contributed by atoms with Crippen LogP contribution in [0.1, 0.15) is 31.8 Å². The van der Waals surface area contributed by atoms with Gasteiger partial charge in [-0.05, 0) is 49.8 Å². The number of carbonyl (C=O) groups is 2. The van der Waals surface area contributed by atoms with Gasteiger partial charge in [0.2, 0.25) is 0 Å². The minimum atomic E-state index is -0.466. The minimum absolute atomic E-state index is 0.110. The third kappa shape index (κ3) is 4.82. The van der Waals surface area contributed by atoms with Crippen molar-refractivity contribution in [2.24, 2.45) is 0 Å². The fraction of sp³-hybridized carbons (Fsp3) is 0.231. The maximum absolute atomic E-state index is 12.8. The summed E-state index contributed by atoms with van der Waals surface area (Å²) in [6, 6.07) is 20.8. The highest BCUT2D eigenvalue weighted by Crippen LogP contribution is 2.30. The van der Waals surface area contributed by atoms with Crippen molar-refractivity contribution >= 4 is 17.5 Å². The third-order valence-electron chi connectivity index (χ3n) is 5.93. The maximum atomic E-state index is 12.8. The average Bonchev–Trinajstić information content (AvgIpc) is 3.07. The number of imide groups is 1. The van der Waals surface area contributed by atoms with Gasteiger partial charge in [-0.1, -0.05) is 48.5 Å². The highest BCUT2D eigenvalue weighted by molar-refractivity contribution is 6.21. The van der Waals surface area contributed by atoms with Gasteiger partial charge in [0, 0.05) is 18.7 Å². The summed E-state index contributed by atoms with van der Waals surface area (Å²) in [7, 11) is 3.75. The molecular formula is C26H25N3O5. The zero-order valence-corrected chi connectivity index (χ0v) is 19.0. The lowest BCUT2D eigenvalue weighted by molar-refractivity contribution is -0.386. The molecule has 1 heterocycles. The van der Waals surface area contributed by atoms with Crippen LogP contribution in [0.25, 0.3) is 0 Å². The second-order valence-electron chi connectivity index (χ2n) is 8.42. The number of hydrogen-bond acceptors (Lipinski definition) is 6. The first kappa shape index (κ1) is 23.1. The van der Waals surface area contributed by atoms with E-state index in [4.69, 9.17) is 4.74 Å². The lowest BCUT2D eigenvalue weighted by Gasteiger charge is -2.28. The monoisotopic (exact) mass is 459 g/mol. The van der Waals surface area contributed by atoms with Gasteiger partial charge in [0.1, 0.15) is 6.61 Å². The van der Waals surface area contributed by atoms with Crippen LogP contribution in [-0.2, 0) is 13.0 Å². The molecule has 34 heavy (non-hydrogen) atoms. The lowest BCUT2D eigenvalue weighted by Crippen LogP contribution is -2.44. The van der Waals surface area contributed by atoms with Gasteiger partial charge in [-0.15, -0.1) is 0 Å². The summed E-state index contributed by atoms with van der Waals surface area (Å²) in [5.74, 6) is -0.421. The van der Waals surface area contributed by atoms with Crippen LogP contribution in [0.3, 0.4) is 0 Å². The molecule has 0 aromatic heterocycles. The van der Waals surface area contributed by atoms with Crippen molar-refractivity contribution in [1.29, 1.82) is 0 Å². The maximum Gasteiger partial charge on any atom is 0.310 e. The lowest BCUT2D eigenvalue weighted by atomic mass is 10.0. The number of amides is 2. The standard InChI is InChI=1S/C26H25N3O5/c1-27(2)20(16-28-25(30)21-10-6-7-11-22(21)26(28)31)14-19-12-13-23(29(32)33)24(15-19)34-17-18-8-4-3-5-9-18/h3-13,15,20H,14,16-17H2,1-2H3.